The van der Waals surface area contributed by atoms with Gasteiger partial charge in [0.25, 0.3) is 0 Å². The molecule has 4 heteroatoms. The van der Waals surface area contributed by atoms with Crippen LogP contribution in [0.4, 0.5) is 0 Å². The van der Waals surface area contributed by atoms with Crippen LogP contribution in [0.15, 0.2) is 0 Å². The highest BCUT2D eigenvalue weighted by Gasteiger charge is 2.54. The van der Waals surface area contributed by atoms with E-state index in [0.29, 0.717) is 0 Å². The molecule has 0 heterocycles. The van der Waals surface area contributed by atoms with Gasteiger partial charge < -0.3 is 15.8 Å². The van der Waals surface area contributed by atoms with Gasteiger partial charge in [-0.05, 0) is 33.1 Å². The van der Waals surface area contributed by atoms with Gasteiger partial charge in [-0.3, -0.25) is 4.79 Å². The fourth-order valence-electron chi connectivity index (χ4n) is 3.13. The summed E-state index contributed by atoms with van der Waals surface area (Å²) in [5.41, 5.74) is 5.89. The van der Waals surface area contributed by atoms with E-state index in [4.69, 9.17) is 10.5 Å². The Morgan fingerprint density at radius 3 is 2.37 bits per heavy atom. The zero-order valence-corrected chi connectivity index (χ0v) is 13.0. The molecule has 0 aromatic carbocycles. The summed E-state index contributed by atoms with van der Waals surface area (Å²) in [6.07, 6.45) is 3.27. The number of carbonyl (C=O) groups is 1. The summed E-state index contributed by atoms with van der Waals surface area (Å²) in [7, 11) is 0. The highest BCUT2D eigenvalue weighted by Crippen LogP contribution is 2.48. The van der Waals surface area contributed by atoms with Crippen LogP contribution < -0.4 is 11.1 Å². The average molecular weight is 270 g/mol. The van der Waals surface area contributed by atoms with Crippen LogP contribution in [0.1, 0.15) is 53.9 Å². The molecule has 1 amide bonds. The quantitative estimate of drug-likeness (QED) is 0.744. The number of nitrogens with one attached hydrogen (secondary N) is 1. The van der Waals surface area contributed by atoms with Gasteiger partial charge in [0, 0.05) is 30.0 Å². The standard InChI is InChI=1S/C15H30N2O2/c1-6-15(7-2)12(9-13(15)19-8-3)17-14(18)10(4)11(5)16/h10-13H,6-9,16H2,1-5H3,(H,17,18). The monoisotopic (exact) mass is 270 g/mol. The van der Waals surface area contributed by atoms with Crippen molar-refractivity contribution in [2.24, 2.45) is 17.1 Å². The molecule has 1 fully saturated rings. The largest absolute Gasteiger partial charge is 0.378 e. The van der Waals surface area contributed by atoms with Gasteiger partial charge >= 0.3 is 0 Å². The van der Waals surface area contributed by atoms with E-state index in [9.17, 15) is 4.79 Å². The molecule has 112 valence electrons. The van der Waals surface area contributed by atoms with Crippen molar-refractivity contribution >= 4 is 5.91 Å². The molecule has 0 aliphatic heterocycles. The second kappa shape index (κ2) is 6.71. The molecule has 0 aromatic heterocycles. The van der Waals surface area contributed by atoms with Crippen LogP contribution in [0.3, 0.4) is 0 Å². The molecule has 1 aliphatic carbocycles. The van der Waals surface area contributed by atoms with Crippen molar-refractivity contribution in [3.8, 4) is 0 Å². The molecule has 0 bridgehead atoms. The van der Waals surface area contributed by atoms with E-state index in [-0.39, 0.29) is 35.4 Å². The lowest BCUT2D eigenvalue weighted by atomic mass is 9.58. The summed E-state index contributed by atoms with van der Waals surface area (Å²) in [6, 6.07) is 0.119. The van der Waals surface area contributed by atoms with Crippen molar-refractivity contribution in [3.63, 3.8) is 0 Å². The summed E-state index contributed by atoms with van der Waals surface area (Å²) in [4.78, 5) is 12.1. The Kier molecular flexibility index (Phi) is 5.81. The van der Waals surface area contributed by atoms with Gasteiger partial charge in [0.05, 0.1) is 6.10 Å². The van der Waals surface area contributed by atoms with Gasteiger partial charge in [-0.2, -0.15) is 0 Å². The first kappa shape index (κ1) is 16.4. The average Bonchev–Trinajstić information content (AvgIpc) is 2.37. The number of ether oxygens (including phenoxy) is 1. The van der Waals surface area contributed by atoms with E-state index in [0.717, 1.165) is 25.9 Å². The van der Waals surface area contributed by atoms with Gasteiger partial charge in [-0.15, -0.1) is 0 Å². The van der Waals surface area contributed by atoms with Crippen LogP contribution in [-0.2, 0) is 9.53 Å². The van der Waals surface area contributed by atoms with Gasteiger partial charge in [0.15, 0.2) is 0 Å². The van der Waals surface area contributed by atoms with Crippen LogP contribution >= 0.6 is 0 Å². The molecule has 1 rings (SSSR count). The Labute approximate surface area is 117 Å². The molecule has 0 radical (unpaired) electrons. The Bertz CT molecular complexity index is 301. The van der Waals surface area contributed by atoms with Crippen LogP contribution in [-0.4, -0.2) is 30.7 Å². The summed E-state index contributed by atoms with van der Waals surface area (Å²) in [6.45, 7) is 10.9. The van der Waals surface area contributed by atoms with Crippen LogP contribution in [0.5, 0.6) is 0 Å². The van der Waals surface area contributed by atoms with E-state index < -0.39 is 0 Å². The van der Waals surface area contributed by atoms with E-state index in [1.54, 1.807) is 0 Å². The Morgan fingerprint density at radius 2 is 1.95 bits per heavy atom. The summed E-state index contributed by atoms with van der Waals surface area (Å²) >= 11 is 0. The van der Waals surface area contributed by atoms with Crippen LogP contribution in [0.25, 0.3) is 0 Å². The maximum atomic E-state index is 12.1. The first-order valence-corrected chi connectivity index (χ1v) is 7.60. The van der Waals surface area contributed by atoms with E-state index in [1.165, 1.54) is 0 Å². The van der Waals surface area contributed by atoms with Gasteiger partial charge in [-0.25, -0.2) is 0 Å². The molecule has 0 aromatic rings. The normalized spacial score (nSPS) is 28.3. The number of rotatable bonds is 7. The highest BCUT2D eigenvalue weighted by molar-refractivity contribution is 5.79. The Balaban J connectivity index is 2.67. The first-order chi connectivity index (χ1) is 8.92. The van der Waals surface area contributed by atoms with Crippen molar-refractivity contribution in [1.82, 2.24) is 5.32 Å². The van der Waals surface area contributed by atoms with Crippen LogP contribution in [0.2, 0.25) is 0 Å². The lowest BCUT2D eigenvalue weighted by Gasteiger charge is -2.55. The molecule has 1 aliphatic rings. The van der Waals surface area contributed by atoms with Crippen molar-refractivity contribution in [3.05, 3.63) is 0 Å². The SMILES string of the molecule is CCOC1CC(NC(=O)C(C)C(C)N)C1(CC)CC. The van der Waals surface area contributed by atoms with Crippen LogP contribution in [0, 0.1) is 11.3 Å². The summed E-state index contributed by atoms with van der Waals surface area (Å²) in [5.74, 6) is -0.0706. The number of carbonyl (C=O) groups excluding carboxylic acids is 1. The highest BCUT2D eigenvalue weighted by atomic mass is 16.5. The van der Waals surface area contributed by atoms with Crippen molar-refractivity contribution < 1.29 is 9.53 Å². The third kappa shape index (κ3) is 3.11. The molecule has 4 nitrogen and oxygen atoms in total. The van der Waals surface area contributed by atoms with Crippen molar-refractivity contribution in [1.29, 1.82) is 0 Å². The molecule has 0 saturated heterocycles. The van der Waals surface area contributed by atoms with E-state index in [2.05, 4.69) is 19.2 Å². The molecular formula is C15H30N2O2. The minimum absolute atomic E-state index is 0.0706. The van der Waals surface area contributed by atoms with Gasteiger partial charge in [-0.1, -0.05) is 20.8 Å². The molecule has 4 atom stereocenters. The number of nitrogens with two attached hydrogens (primary N) is 1. The van der Waals surface area contributed by atoms with Crippen molar-refractivity contribution in [2.75, 3.05) is 6.61 Å². The molecule has 0 spiro atoms. The lowest BCUT2D eigenvalue weighted by molar-refractivity contribution is -0.150. The second-order valence-electron chi connectivity index (χ2n) is 5.83. The Hall–Kier alpha value is -0.610. The fourth-order valence-corrected chi connectivity index (χ4v) is 3.13. The first-order valence-electron chi connectivity index (χ1n) is 7.60. The number of hydrogen-bond donors (Lipinski definition) is 2. The molecule has 4 unspecified atom stereocenters. The lowest BCUT2D eigenvalue weighted by Crippen LogP contribution is -2.65. The molecule has 3 N–H and O–H groups in total. The zero-order valence-electron chi connectivity index (χ0n) is 13.0. The maximum Gasteiger partial charge on any atom is 0.224 e. The second-order valence-corrected chi connectivity index (χ2v) is 5.83. The van der Waals surface area contributed by atoms with E-state index >= 15 is 0 Å². The molecular weight excluding hydrogens is 240 g/mol. The minimum Gasteiger partial charge on any atom is -0.378 e. The minimum atomic E-state index is -0.141. The Morgan fingerprint density at radius 1 is 1.37 bits per heavy atom. The summed E-state index contributed by atoms with van der Waals surface area (Å²) in [5, 5.41) is 3.18. The smallest absolute Gasteiger partial charge is 0.224 e. The van der Waals surface area contributed by atoms with Crippen molar-refractivity contribution in [2.45, 2.75) is 72.1 Å². The zero-order chi connectivity index (χ0) is 14.6. The predicted molar refractivity (Wildman–Crippen MR) is 77.8 cm³/mol. The molecule has 1 saturated carbocycles. The summed E-state index contributed by atoms with van der Waals surface area (Å²) < 4.78 is 5.82. The fraction of sp³-hybridized carbons (Fsp3) is 0.933. The number of amides is 1. The predicted octanol–water partition coefficient (Wildman–Crippen LogP) is 2.07. The van der Waals surface area contributed by atoms with Gasteiger partial charge in [0.1, 0.15) is 0 Å². The number of hydrogen-bond acceptors (Lipinski definition) is 3. The third-order valence-corrected chi connectivity index (χ3v) is 4.99. The topological polar surface area (TPSA) is 64.3 Å². The van der Waals surface area contributed by atoms with E-state index in [1.807, 2.05) is 20.8 Å². The molecule has 19 heavy (non-hydrogen) atoms. The van der Waals surface area contributed by atoms with Gasteiger partial charge in [0.2, 0.25) is 5.91 Å². The maximum absolute atomic E-state index is 12.1. The third-order valence-electron chi connectivity index (χ3n) is 4.99.